The maximum atomic E-state index is 13.1. The van der Waals surface area contributed by atoms with E-state index in [1.54, 1.807) is 19.1 Å². The topological polar surface area (TPSA) is 72.5 Å². The Balaban J connectivity index is 1.96. The van der Waals surface area contributed by atoms with Crippen molar-refractivity contribution in [2.75, 3.05) is 7.05 Å². The molecular formula is C20H18N2O4. The van der Waals surface area contributed by atoms with Crippen LogP contribution < -0.4 is 0 Å². The highest BCUT2D eigenvalue weighted by molar-refractivity contribution is 6.20. The van der Waals surface area contributed by atoms with Gasteiger partial charge in [0.1, 0.15) is 0 Å². The predicted octanol–water partition coefficient (Wildman–Crippen LogP) is 2.91. The summed E-state index contributed by atoms with van der Waals surface area (Å²) < 4.78 is 7.04. The van der Waals surface area contributed by atoms with Gasteiger partial charge < -0.3 is 8.98 Å². The molecule has 0 saturated carbocycles. The molecule has 1 unspecified atom stereocenters. The van der Waals surface area contributed by atoms with Crippen molar-refractivity contribution in [2.24, 2.45) is 7.05 Å². The van der Waals surface area contributed by atoms with Crippen molar-refractivity contribution >= 4 is 28.5 Å². The molecule has 132 valence electrons. The number of carbonyl (C=O) groups is 3. The average Bonchev–Trinajstić information content (AvgIpc) is 3.26. The van der Waals surface area contributed by atoms with Gasteiger partial charge in [-0.05, 0) is 25.1 Å². The summed E-state index contributed by atoms with van der Waals surface area (Å²) in [6, 6.07) is 10.7. The van der Waals surface area contributed by atoms with E-state index in [1.807, 2.05) is 35.9 Å². The molecule has 0 bridgehead atoms. The highest BCUT2D eigenvalue weighted by atomic mass is 16.3. The third-order valence-corrected chi connectivity index (χ3v) is 5.23. The normalized spacial score (nSPS) is 19.9. The van der Waals surface area contributed by atoms with Crippen LogP contribution >= 0.6 is 0 Å². The number of fused-ring (bicyclic) bond motifs is 3. The van der Waals surface area contributed by atoms with E-state index >= 15 is 0 Å². The molecule has 0 N–H and O–H groups in total. The Bertz CT molecular complexity index is 1060. The van der Waals surface area contributed by atoms with Crippen LogP contribution in [0, 0.1) is 0 Å². The average molecular weight is 350 g/mol. The summed E-state index contributed by atoms with van der Waals surface area (Å²) in [5.74, 6) is -0.797. The molecule has 1 atom stereocenters. The Morgan fingerprint density at radius 1 is 1.12 bits per heavy atom. The summed E-state index contributed by atoms with van der Waals surface area (Å²) in [5, 5.41) is 0.783. The molecule has 6 nitrogen and oxygen atoms in total. The van der Waals surface area contributed by atoms with Gasteiger partial charge >= 0.3 is 0 Å². The fourth-order valence-electron chi connectivity index (χ4n) is 3.99. The van der Waals surface area contributed by atoms with Crippen molar-refractivity contribution in [2.45, 2.75) is 18.8 Å². The first-order valence-electron chi connectivity index (χ1n) is 8.33. The standard InChI is InChI=1S/C20H18N2O4/c1-20(11-14(23)15-9-6-10-26-15)17-16(18(24)22(3)19(20)25)12-7-4-5-8-13(12)21(17)2/h4-10H,11H2,1-3H3. The second-order valence-electron chi connectivity index (χ2n) is 6.88. The molecule has 0 aliphatic carbocycles. The van der Waals surface area contributed by atoms with Crippen molar-refractivity contribution < 1.29 is 18.8 Å². The number of rotatable bonds is 3. The minimum absolute atomic E-state index is 0.0753. The van der Waals surface area contributed by atoms with Crippen LogP contribution in [0.3, 0.4) is 0 Å². The van der Waals surface area contributed by atoms with Gasteiger partial charge in [0.2, 0.25) is 5.91 Å². The summed E-state index contributed by atoms with van der Waals surface area (Å²) in [5.41, 5.74) is 0.757. The number of benzene rings is 1. The number of nitrogens with zero attached hydrogens (tertiary/aromatic N) is 2. The van der Waals surface area contributed by atoms with Gasteiger partial charge in [0.25, 0.3) is 5.91 Å². The molecule has 26 heavy (non-hydrogen) atoms. The lowest BCUT2D eigenvalue weighted by Gasteiger charge is -2.37. The maximum absolute atomic E-state index is 13.1. The van der Waals surface area contributed by atoms with Crippen molar-refractivity contribution in [3.8, 4) is 0 Å². The Labute approximate surface area is 150 Å². The largest absolute Gasteiger partial charge is 0.461 e. The van der Waals surface area contributed by atoms with E-state index in [0.29, 0.717) is 11.3 Å². The van der Waals surface area contributed by atoms with E-state index in [0.717, 1.165) is 15.8 Å². The molecular weight excluding hydrogens is 332 g/mol. The number of para-hydroxylation sites is 1. The Morgan fingerprint density at radius 2 is 1.85 bits per heavy atom. The third-order valence-electron chi connectivity index (χ3n) is 5.23. The smallest absolute Gasteiger partial charge is 0.262 e. The third kappa shape index (κ3) is 2.02. The second kappa shape index (κ2) is 5.42. The number of amides is 2. The number of carbonyl (C=O) groups excluding carboxylic acids is 3. The SMILES string of the molecule is CN1C(=O)c2c(n(C)c3ccccc23)C(C)(CC(=O)c2ccco2)C1=O. The highest BCUT2D eigenvalue weighted by Gasteiger charge is 2.50. The second-order valence-corrected chi connectivity index (χ2v) is 6.88. The first-order chi connectivity index (χ1) is 12.4. The van der Waals surface area contributed by atoms with Crippen molar-refractivity contribution in [3.63, 3.8) is 0 Å². The molecule has 1 aliphatic heterocycles. The molecule has 4 rings (SSSR count). The number of ketones is 1. The highest BCUT2D eigenvalue weighted by Crippen LogP contribution is 2.42. The van der Waals surface area contributed by atoms with Crippen LogP contribution in [0.25, 0.3) is 10.9 Å². The van der Waals surface area contributed by atoms with E-state index < -0.39 is 5.41 Å². The van der Waals surface area contributed by atoms with Crippen LogP contribution in [0.1, 0.15) is 40.0 Å². The first kappa shape index (κ1) is 16.3. The molecule has 2 amide bonds. The van der Waals surface area contributed by atoms with Gasteiger partial charge in [-0.15, -0.1) is 0 Å². The number of Topliss-reactive ketones (excluding diaryl/α,β-unsaturated/α-hetero) is 1. The number of likely N-dealkylation sites (N-methyl/N-ethyl adjacent to an activating group) is 1. The van der Waals surface area contributed by atoms with Crippen LogP contribution in [-0.4, -0.2) is 34.1 Å². The lowest BCUT2D eigenvalue weighted by molar-refractivity contribution is -0.133. The summed E-state index contributed by atoms with van der Waals surface area (Å²) in [7, 11) is 3.29. The number of hydrogen-bond donors (Lipinski definition) is 0. The van der Waals surface area contributed by atoms with Gasteiger partial charge in [0, 0.05) is 37.1 Å². The molecule has 1 aromatic carbocycles. The van der Waals surface area contributed by atoms with Crippen LogP contribution in [0.15, 0.2) is 47.1 Å². The Hall–Kier alpha value is -3.15. The minimum Gasteiger partial charge on any atom is -0.461 e. The number of furan rings is 1. The lowest BCUT2D eigenvalue weighted by atomic mass is 9.75. The van der Waals surface area contributed by atoms with E-state index in [4.69, 9.17) is 4.42 Å². The molecule has 2 aromatic heterocycles. The van der Waals surface area contributed by atoms with Gasteiger partial charge in [0.05, 0.1) is 17.2 Å². The van der Waals surface area contributed by atoms with Gasteiger partial charge in [-0.25, -0.2) is 0 Å². The molecule has 3 aromatic rings. The van der Waals surface area contributed by atoms with E-state index in [9.17, 15) is 14.4 Å². The zero-order valence-corrected chi connectivity index (χ0v) is 14.8. The fourth-order valence-corrected chi connectivity index (χ4v) is 3.99. The number of imide groups is 1. The molecule has 3 heterocycles. The van der Waals surface area contributed by atoms with Crippen LogP contribution in [0.5, 0.6) is 0 Å². The van der Waals surface area contributed by atoms with Crippen molar-refractivity contribution in [1.29, 1.82) is 0 Å². The quantitative estimate of drug-likeness (QED) is 0.538. The molecule has 0 spiro atoms. The van der Waals surface area contributed by atoms with Crippen LogP contribution in [0.2, 0.25) is 0 Å². The Kier molecular flexibility index (Phi) is 3.41. The van der Waals surface area contributed by atoms with E-state index in [1.165, 1.54) is 13.3 Å². The summed E-state index contributed by atoms with van der Waals surface area (Å²) in [6.45, 7) is 1.72. The van der Waals surface area contributed by atoms with Crippen molar-refractivity contribution in [3.05, 3.63) is 59.7 Å². The molecule has 6 heteroatoms. The monoisotopic (exact) mass is 350 g/mol. The van der Waals surface area contributed by atoms with Crippen LogP contribution in [0.4, 0.5) is 0 Å². The zero-order chi connectivity index (χ0) is 18.6. The van der Waals surface area contributed by atoms with Gasteiger partial charge in [-0.2, -0.15) is 0 Å². The summed E-state index contributed by atoms with van der Waals surface area (Å²) >= 11 is 0. The number of aromatic nitrogens is 1. The molecule has 1 aliphatic rings. The number of aryl methyl sites for hydroxylation is 1. The maximum Gasteiger partial charge on any atom is 0.262 e. The molecule has 0 fully saturated rings. The van der Waals surface area contributed by atoms with Gasteiger partial charge in [-0.3, -0.25) is 19.3 Å². The van der Waals surface area contributed by atoms with Crippen molar-refractivity contribution in [1.82, 2.24) is 9.47 Å². The Morgan fingerprint density at radius 3 is 2.54 bits per heavy atom. The lowest BCUT2D eigenvalue weighted by Crippen LogP contribution is -2.52. The number of hydrogen-bond acceptors (Lipinski definition) is 4. The van der Waals surface area contributed by atoms with E-state index in [2.05, 4.69) is 0 Å². The summed E-state index contributed by atoms with van der Waals surface area (Å²) in [4.78, 5) is 39.7. The van der Waals surface area contributed by atoms with Gasteiger partial charge in [-0.1, -0.05) is 18.2 Å². The zero-order valence-electron chi connectivity index (χ0n) is 14.8. The van der Waals surface area contributed by atoms with Gasteiger partial charge in [0.15, 0.2) is 11.5 Å². The first-order valence-corrected chi connectivity index (χ1v) is 8.33. The molecule has 0 saturated heterocycles. The predicted molar refractivity (Wildman–Crippen MR) is 95.0 cm³/mol. The van der Waals surface area contributed by atoms with Crippen LogP contribution in [-0.2, 0) is 17.3 Å². The van der Waals surface area contributed by atoms with E-state index in [-0.39, 0.29) is 29.8 Å². The fraction of sp³-hybridized carbons (Fsp3) is 0.250. The summed E-state index contributed by atoms with van der Waals surface area (Å²) in [6.07, 6.45) is 1.35. The minimum atomic E-state index is -1.16. The molecule has 0 radical (unpaired) electrons.